The number of hydrogen-bond donors (Lipinski definition) is 2. The van der Waals surface area contributed by atoms with Gasteiger partial charge in [0.25, 0.3) is 5.91 Å². The van der Waals surface area contributed by atoms with Crippen LogP contribution in [0.25, 0.3) is 0 Å². The highest BCUT2D eigenvalue weighted by atomic mass is 19.1. The predicted octanol–water partition coefficient (Wildman–Crippen LogP) is 1.57. The van der Waals surface area contributed by atoms with Gasteiger partial charge in [0, 0.05) is 12.8 Å². The summed E-state index contributed by atoms with van der Waals surface area (Å²) in [5, 5.41) is 9.57. The van der Waals surface area contributed by atoms with Gasteiger partial charge in [-0.2, -0.15) is 5.10 Å². The summed E-state index contributed by atoms with van der Waals surface area (Å²) in [5.74, 6) is -0.747. The van der Waals surface area contributed by atoms with E-state index >= 15 is 0 Å². The van der Waals surface area contributed by atoms with Crippen molar-refractivity contribution in [3.63, 3.8) is 0 Å². The van der Waals surface area contributed by atoms with Gasteiger partial charge in [0.05, 0.1) is 11.7 Å². The van der Waals surface area contributed by atoms with Gasteiger partial charge in [-0.05, 0) is 24.6 Å². The summed E-state index contributed by atoms with van der Waals surface area (Å²) >= 11 is 0. The third-order valence-corrected chi connectivity index (χ3v) is 3.46. The lowest BCUT2D eigenvalue weighted by molar-refractivity contribution is -0.124. The van der Waals surface area contributed by atoms with E-state index in [2.05, 4.69) is 15.5 Å². The number of nitrogens with zero attached hydrogens (tertiary/aromatic N) is 1. The summed E-state index contributed by atoms with van der Waals surface area (Å²) in [5.41, 5.74) is 0.817. The Morgan fingerprint density at radius 2 is 2.32 bits per heavy atom. The van der Waals surface area contributed by atoms with Crippen molar-refractivity contribution < 1.29 is 18.7 Å². The monoisotopic (exact) mass is 305 g/mol. The van der Waals surface area contributed by atoms with Gasteiger partial charge < -0.3 is 14.8 Å². The van der Waals surface area contributed by atoms with Crippen LogP contribution < -0.4 is 10.1 Å². The second-order valence-electron chi connectivity index (χ2n) is 4.99. The van der Waals surface area contributed by atoms with E-state index < -0.39 is 5.82 Å². The lowest BCUT2D eigenvalue weighted by atomic mass is 10.1. The number of H-pyrrole nitrogens is 1. The number of para-hydroxylation sites is 1. The maximum Gasteiger partial charge on any atom is 0.258 e. The summed E-state index contributed by atoms with van der Waals surface area (Å²) in [6, 6.07) is 7.63. The van der Waals surface area contributed by atoms with Gasteiger partial charge in [0.2, 0.25) is 0 Å². The van der Waals surface area contributed by atoms with E-state index in [0.717, 1.165) is 5.69 Å². The molecule has 116 valence electrons. The number of amides is 1. The molecule has 0 aliphatic carbocycles. The average molecular weight is 305 g/mol. The van der Waals surface area contributed by atoms with Crippen molar-refractivity contribution in [2.45, 2.75) is 18.6 Å². The molecule has 2 heterocycles. The summed E-state index contributed by atoms with van der Waals surface area (Å²) in [6.07, 6.45) is 2.09. The first-order valence-electron chi connectivity index (χ1n) is 7.01. The molecule has 2 N–H and O–H groups in total. The van der Waals surface area contributed by atoms with Crippen molar-refractivity contribution in [1.29, 1.82) is 0 Å². The minimum absolute atomic E-state index is 0.0606. The summed E-state index contributed by atoms with van der Waals surface area (Å²) in [4.78, 5) is 12.0. The molecule has 1 aliphatic rings. The fourth-order valence-corrected chi connectivity index (χ4v) is 2.42. The number of ether oxygens (including phenoxy) is 2. The zero-order valence-electron chi connectivity index (χ0n) is 11.8. The second kappa shape index (κ2) is 6.57. The van der Waals surface area contributed by atoms with Crippen LogP contribution in [0.3, 0.4) is 0 Å². The lowest BCUT2D eigenvalue weighted by Crippen LogP contribution is -2.39. The molecule has 2 atom stereocenters. The van der Waals surface area contributed by atoms with Crippen LogP contribution in [0.2, 0.25) is 0 Å². The topological polar surface area (TPSA) is 76.2 Å². The Balaban J connectivity index is 1.54. The van der Waals surface area contributed by atoms with E-state index in [9.17, 15) is 9.18 Å². The summed E-state index contributed by atoms with van der Waals surface area (Å²) in [7, 11) is 0. The molecular weight excluding hydrogens is 289 g/mol. The van der Waals surface area contributed by atoms with Crippen molar-refractivity contribution in [3.8, 4) is 5.75 Å². The first-order chi connectivity index (χ1) is 10.7. The van der Waals surface area contributed by atoms with E-state index in [-0.39, 0.29) is 30.4 Å². The zero-order valence-corrected chi connectivity index (χ0v) is 11.8. The molecule has 22 heavy (non-hydrogen) atoms. The van der Waals surface area contributed by atoms with E-state index in [1.165, 1.54) is 12.1 Å². The third-order valence-electron chi connectivity index (χ3n) is 3.46. The molecule has 6 nitrogen and oxygen atoms in total. The minimum atomic E-state index is -0.491. The van der Waals surface area contributed by atoms with Crippen molar-refractivity contribution >= 4 is 5.91 Å². The Morgan fingerprint density at radius 3 is 3.09 bits per heavy atom. The number of carbonyl (C=O) groups excluding carboxylic acids is 1. The quantitative estimate of drug-likeness (QED) is 0.879. The first-order valence-corrected chi connectivity index (χ1v) is 7.01. The van der Waals surface area contributed by atoms with Crippen LogP contribution in [0.1, 0.15) is 18.2 Å². The Bertz CT molecular complexity index is 633. The summed E-state index contributed by atoms with van der Waals surface area (Å²) in [6.45, 7) is 0.315. The van der Waals surface area contributed by atoms with Gasteiger partial charge in [-0.1, -0.05) is 12.1 Å². The van der Waals surface area contributed by atoms with E-state index in [4.69, 9.17) is 9.47 Å². The Labute approximate surface area is 126 Å². The fraction of sp³-hybridized carbons (Fsp3) is 0.333. The van der Waals surface area contributed by atoms with Crippen LogP contribution in [0.4, 0.5) is 4.39 Å². The van der Waals surface area contributed by atoms with Gasteiger partial charge in [0.15, 0.2) is 18.2 Å². The number of hydrogen-bond acceptors (Lipinski definition) is 4. The Hall–Kier alpha value is -2.41. The van der Waals surface area contributed by atoms with Crippen LogP contribution in [0.5, 0.6) is 5.75 Å². The molecule has 1 aromatic carbocycles. The molecule has 7 heteroatoms. The largest absolute Gasteiger partial charge is 0.481 e. The second-order valence-corrected chi connectivity index (χ2v) is 4.99. The number of nitrogens with one attached hydrogen (secondary N) is 2. The van der Waals surface area contributed by atoms with Gasteiger partial charge in [-0.15, -0.1) is 0 Å². The SMILES string of the molecule is O=C(COc1ccccc1F)N[C@H]1CCO[C@@H]1c1ccn[nH]1. The van der Waals surface area contributed by atoms with Gasteiger partial charge in [0.1, 0.15) is 6.10 Å². The van der Waals surface area contributed by atoms with Gasteiger partial charge >= 0.3 is 0 Å². The van der Waals surface area contributed by atoms with Gasteiger partial charge in [-0.3, -0.25) is 9.89 Å². The average Bonchev–Trinajstić information content (AvgIpc) is 3.17. The van der Waals surface area contributed by atoms with Crippen LogP contribution in [0, 0.1) is 5.82 Å². The molecule has 1 fully saturated rings. The predicted molar refractivity (Wildman–Crippen MR) is 75.7 cm³/mol. The third kappa shape index (κ3) is 3.25. The van der Waals surface area contributed by atoms with Crippen molar-refractivity contribution in [2.24, 2.45) is 0 Å². The van der Waals surface area contributed by atoms with E-state index in [1.54, 1.807) is 18.3 Å². The van der Waals surface area contributed by atoms with Crippen LogP contribution in [-0.2, 0) is 9.53 Å². The molecular formula is C15H16FN3O3. The smallest absolute Gasteiger partial charge is 0.258 e. The number of carbonyl (C=O) groups is 1. The Kier molecular flexibility index (Phi) is 4.34. The maximum atomic E-state index is 13.4. The standard InChI is InChI=1S/C15H16FN3O3/c16-10-3-1-2-4-13(10)22-9-14(20)18-11-6-8-21-15(11)12-5-7-17-19-12/h1-5,7,11,15H,6,8-9H2,(H,17,19)(H,18,20)/t11-,15-/m0/s1. The van der Waals surface area contributed by atoms with E-state index in [1.807, 2.05) is 6.07 Å². The van der Waals surface area contributed by atoms with Gasteiger partial charge in [-0.25, -0.2) is 4.39 Å². The normalized spacial score (nSPS) is 20.8. The number of rotatable bonds is 5. The molecule has 0 saturated carbocycles. The molecule has 0 radical (unpaired) electrons. The molecule has 1 aliphatic heterocycles. The molecule has 1 amide bonds. The molecule has 2 aromatic rings. The molecule has 0 bridgehead atoms. The summed E-state index contributed by atoms with van der Waals surface area (Å²) < 4.78 is 24.2. The minimum Gasteiger partial charge on any atom is -0.481 e. The van der Waals surface area contributed by atoms with Crippen LogP contribution >= 0.6 is 0 Å². The highest BCUT2D eigenvalue weighted by Gasteiger charge is 2.31. The number of benzene rings is 1. The molecule has 0 spiro atoms. The van der Waals surface area contributed by atoms with Crippen molar-refractivity contribution in [3.05, 3.63) is 48.0 Å². The highest BCUT2D eigenvalue weighted by molar-refractivity contribution is 5.78. The van der Waals surface area contributed by atoms with Crippen molar-refractivity contribution in [2.75, 3.05) is 13.2 Å². The molecule has 0 unspecified atom stereocenters. The van der Waals surface area contributed by atoms with Crippen LogP contribution in [0.15, 0.2) is 36.5 Å². The molecule has 1 saturated heterocycles. The number of halogens is 1. The molecule has 3 rings (SSSR count). The van der Waals surface area contributed by atoms with Crippen molar-refractivity contribution in [1.82, 2.24) is 15.5 Å². The first kappa shape index (κ1) is 14.5. The maximum absolute atomic E-state index is 13.4. The van der Waals surface area contributed by atoms with Crippen LogP contribution in [-0.4, -0.2) is 35.4 Å². The fourth-order valence-electron chi connectivity index (χ4n) is 2.42. The number of aromatic nitrogens is 2. The zero-order chi connectivity index (χ0) is 15.4. The lowest BCUT2D eigenvalue weighted by Gasteiger charge is -2.18. The number of aromatic amines is 1. The molecule has 1 aromatic heterocycles. The Morgan fingerprint density at radius 1 is 1.45 bits per heavy atom. The highest BCUT2D eigenvalue weighted by Crippen LogP contribution is 2.27. The van der Waals surface area contributed by atoms with E-state index in [0.29, 0.717) is 13.0 Å².